The van der Waals surface area contributed by atoms with E-state index >= 15 is 0 Å². The molecule has 0 fully saturated rings. The van der Waals surface area contributed by atoms with E-state index in [0.717, 1.165) is 0 Å². The molecule has 0 unspecified atom stereocenters. The van der Waals surface area contributed by atoms with Crippen molar-refractivity contribution < 1.29 is 29.3 Å². The molecule has 0 atom stereocenters. The second-order valence-electron chi connectivity index (χ2n) is 0.469. The summed E-state index contributed by atoms with van der Waals surface area (Å²) in [5, 5.41) is 0. The van der Waals surface area contributed by atoms with Gasteiger partial charge in [0, 0.05) is 0 Å². The summed E-state index contributed by atoms with van der Waals surface area (Å²) in [7, 11) is 0. The maximum atomic E-state index is 9.34. The first kappa shape index (κ1) is 16.0. The van der Waals surface area contributed by atoms with Gasteiger partial charge in [-0.1, -0.05) is 0 Å². The van der Waals surface area contributed by atoms with E-state index in [0.29, 0.717) is 0 Å². The van der Waals surface area contributed by atoms with Gasteiger partial charge in [-0.05, 0) is 0 Å². The Labute approximate surface area is 72.2 Å². The first-order chi connectivity index (χ1) is 2.00. The van der Waals surface area contributed by atoms with Crippen molar-refractivity contribution in [2.24, 2.45) is 0 Å². The molecule has 0 aliphatic heterocycles. The van der Waals surface area contributed by atoms with Crippen molar-refractivity contribution in [1.82, 2.24) is 0 Å². The maximum absolute atomic E-state index is 9.34. The van der Waals surface area contributed by atoms with E-state index in [4.69, 9.17) is 0 Å². The first-order valence-electron chi connectivity index (χ1n) is 0.748. The number of thiol groups is 1. The molecule has 0 radical (unpaired) electrons. The minimum Gasteiger partial charge on any atom is -0.825 e. The zero-order valence-corrected chi connectivity index (χ0v) is 9.90. The Morgan fingerprint density at radius 1 is 1.43 bits per heavy atom. The molecular formula is H3O2PS3Zn. The summed E-state index contributed by atoms with van der Waals surface area (Å²) in [6, 6.07) is 0. The molecule has 0 saturated carbocycles. The molecule has 40 valence electrons. The molecule has 0 heterocycles. The second kappa shape index (κ2) is 6.02. The molecule has 0 bridgehead atoms. The van der Waals surface area contributed by atoms with Crippen LogP contribution in [-0.4, -0.2) is 0 Å². The van der Waals surface area contributed by atoms with Crippen LogP contribution >= 0.6 is 31.4 Å². The number of rotatable bonds is 0. The van der Waals surface area contributed by atoms with Gasteiger partial charge in [-0.3, -0.25) is 0 Å². The van der Waals surface area contributed by atoms with Crippen molar-refractivity contribution in [2.45, 2.75) is 0 Å². The Morgan fingerprint density at radius 3 is 1.43 bits per heavy atom. The predicted molar refractivity (Wildman–Crippen MR) is 33.7 cm³/mol. The fraction of sp³-hybridized carbons (Fsp3) is 0. The van der Waals surface area contributed by atoms with Gasteiger partial charge in [-0.2, -0.15) is 31.4 Å². The van der Waals surface area contributed by atoms with E-state index in [1.54, 1.807) is 0 Å². The average Bonchev–Trinajstić information content (AvgIpc) is 0.722. The zero-order chi connectivity index (χ0) is 4.50. The summed E-state index contributed by atoms with van der Waals surface area (Å²) in [6.07, 6.45) is 0. The van der Waals surface area contributed by atoms with Crippen LogP contribution in [0.4, 0.5) is 0 Å². The van der Waals surface area contributed by atoms with Crippen molar-refractivity contribution in [3.8, 4) is 0 Å². The Kier molecular flexibility index (Phi) is 13.7. The van der Waals surface area contributed by atoms with Crippen molar-refractivity contribution in [1.29, 1.82) is 0 Å². The van der Waals surface area contributed by atoms with Gasteiger partial charge >= 0.3 is 19.5 Å². The normalized spacial score (nSPS) is 8.43. The molecular weight excluding hydrogens is 225 g/mol. The van der Waals surface area contributed by atoms with Gasteiger partial charge in [0.2, 0.25) is 0 Å². The van der Waals surface area contributed by atoms with E-state index in [2.05, 4.69) is 24.1 Å². The summed E-state index contributed by atoms with van der Waals surface area (Å²) >= 11 is 6.63. The maximum Gasteiger partial charge on any atom is 2.00 e. The SMILES string of the molecule is S.[O-]P([O-])(=S)S.[Zn+2]. The minimum atomic E-state index is -3.61. The zero-order valence-electron chi connectivity index (χ0n) is 3.33. The minimum absolute atomic E-state index is 0. The van der Waals surface area contributed by atoms with Gasteiger partial charge in [0.15, 0.2) is 0 Å². The molecule has 0 aromatic rings. The standard InChI is InChI=1S/H3O2PS2.H2S.Zn/c1-3(2,4)5;;/h(H3,1,2,4,5);1H2;/q;;+2/p-2. The average molecular weight is 228 g/mol. The quantitative estimate of drug-likeness (QED) is 0.327. The van der Waals surface area contributed by atoms with Crippen LogP contribution in [-0.2, 0) is 31.3 Å². The van der Waals surface area contributed by atoms with Gasteiger partial charge in [-0.15, -0.1) is 11.8 Å². The number of hydrogen-bond donors (Lipinski definition) is 1. The van der Waals surface area contributed by atoms with Crippen LogP contribution < -0.4 is 9.79 Å². The molecule has 7 heteroatoms. The van der Waals surface area contributed by atoms with E-state index in [1.807, 2.05) is 0 Å². The topological polar surface area (TPSA) is 46.1 Å². The Balaban J connectivity index is -0.0000000800. The molecule has 0 amide bonds. The smallest absolute Gasteiger partial charge is 0.825 e. The molecule has 0 spiro atoms. The second-order valence-corrected chi connectivity index (χ2v) is 5.24. The summed E-state index contributed by atoms with van der Waals surface area (Å²) < 4.78 is 0. The van der Waals surface area contributed by atoms with Gasteiger partial charge in [0.1, 0.15) is 0 Å². The molecule has 0 aromatic carbocycles. The third-order valence-electron chi connectivity index (χ3n) is 0. The summed E-state index contributed by atoms with van der Waals surface area (Å²) in [6.45, 7) is 0. The Hall–Kier alpha value is 1.89. The third kappa shape index (κ3) is 76.5. The summed E-state index contributed by atoms with van der Waals surface area (Å²) in [5.74, 6) is 0. The van der Waals surface area contributed by atoms with Crippen LogP contribution in [0.5, 0.6) is 0 Å². The molecule has 0 aromatic heterocycles. The predicted octanol–water partition coefficient (Wildman–Crippen LogP) is -1.03. The van der Waals surface area contributed by atoms with Gasteiger partial charge < -0.3 is 9.79 Å². The van der Waals surface area contributed by atoms with E-state index < -0.39 is 5.69 Å². The monoisotopic (exact) mass is 226 g/mol. The molecule has 0 rings (SSSR count). The van der Waals surface area contributed by atoms with Crippen molar-refractivity contribution >= 4 is 43.2 Å². The van der Waals surface area contributed by atoms with Crippen molar-refractivity contribution in [3.63, 3.8) is 0 Å². The molecule has 0 N–H and O–H groups in total. The van der Waals surface area contributed by atoms with Crippen LogP contribution in [0.2, 0.25) is 0 Å². The largest absolute Gasteiger partial charge is 2.00 e. The fourth-order valence-corrected chi connectivity index (χ4v) is 0. The molecule has 0 aliphatic rings. The van der Waals surface area contributed by atoms with Crippen molar-refractivity contribution in [2.75, 3.05) is 0 Å². The molecule has 7 heavy (non-hydrogen) atoms. The van der Waals surface area contributed by atoms with Gasteiger partial charge in [0.05, 0.1) is 0 Å². The Bertz CT molecular complexity index is 59.1. The van der Waals surface area contributed by atoms with Gasteiger partial charge in [0.25, 0.3) is 0 Å². The van der Waals surface area contributed by atoms with Crippen LogP contribution in [0, 0.1) is 0 Å². The van der Waals surface area contributed by atoms with Crippen LogP contribution in [0.25, 0.3) is 0 Å². The third-order valence-corrected chi connectivity index (χ3v) is 0. The summed E-state index contributed by atoms with van der Waals surface area (Å²) in [4.78, 5) is 18.7. The van der Waals surface area contributed by atoms with Crippen LogP contribution in [0.3, 0.4) is 0 Å². The van der Waals surface area contributed by atoms with Crippen LogP contribution in [0.15, 0.2) is 0 Å². The van der Waals surface area contributed by atoms with Crippen molar-refractivity contribution in [3.05, 3.63) is 0 Å². The molecule has 0 aliphatic carbocycles. The van der Waals surface area contributed by atoms with Gasteiger partial charge in [-0.25, -0.2) is 0 Å². The Morgan fingerprint density at radius 2 is 1.43 bits per heavy atom. The van der Waals surface area contributed by atoms with E-state index in [1.165, 1.54) is 0 Å². The molecule has 2 nitrogen and oxygen atoms in total. The first-order valence-corrected chi connectivity index (χ1v) is 4.54. The van der Waals surface area contributed by atoms with E-state index in [9.17, 15) is 9.79 Å². The fourth-order valence-electron chi connectivity index (χ4n) is 0. The molecule has 0 saturated heterocycles. The van der Waals surface area contributed by atoms with E-state index in [-0.39, 0.29) is 33.0 Å². The number of hydrogen-bond acceptors (Lipinski definition) is 3. The van der Waals surface area contributed by atoms with Crippen LogP contribution in [0.1, 0.15) is 0 Å². The summed E-state index contributed by atoms with van der Waals surface area (Å²) in [5.41, 5.74) is -3.61.